The van der Waals surface area contributed by atoms with E-state index in [1.54, 1.807) is 6.07 Å². The third-order valence-corrected chi connectivity index (χ3v) is 2.64. The first-order chi connectivity index (χ1) is 8.63. The number of carbonyl (C=O) groups excluding carboxylic acids is 2. The van der Waals surface area contributed by atoms with Gasteiger partial charge in [-0.1, -0.05) is 6.07 Å². The van der Waals surface area contributed by atoms with Crippen molar-refractivity contribution in [3.8, 4) is 0 Å². The molecule has 1 unspecified atom stereocenters. The van der Waals surface area contributed by atoms with Crippen LogP contribution in [0.2, 0.25) is 0 Å². The van der Waals surface area contributed by atoms with E-state index in [0.717, 1.165) is 0 Å². The molecule has 0 saturated carbocycles. The van der Waals surface area contributed by atoms with E-state index in [2.05, 4.69) is 16.0 Å². The smallest absolute Gasteiger partial charge is 0.238 e. The van der Waals surface area contributed by atoms with Crippen molar-refractivity contribution in [2.45, 2.75) is 12.5 Å². The molecule has 0 aliphatic carbocycles. The van der Waals surface area contributed by atoms with Crippen molar-refractivity contribution in [2.24, 2.45) is 0 Å². The molecule has 2 amide bonds. The highest BCUT2D eigenvalue weighted by molar-refractivity contribution is 5.92. The summed E-state index contributed by atoms with van der Waals surface area (Å²) in [6.45, 7) is 0.627. The maximum atomic E-state index is 12.9. The fourth-order valence-electron chi connectivity index (χ4n) is 1.76. The molecule has 0 radical (unpaired) electrons. The number of benzene rings is 1. The van der Waals surface area contributed by atoms with E-state index in [1.807, 2.05) is 0 Å². The van der Waals surface area contributed by atoms with Gasteiger partial charge in [0.25, 0.3) is 0 Å². The molecule has 1 aromatic rings. The molecule has 3 N–H and O–H groups in total. The lowest BCUT2D eigenvalue weighted by molar-refractivity contribution is -0.119. The van der Waals surface area contributed by atoms with Crippen molar-refractivity contribution in [3.63, 3.8) is 0 Å². The van der Waals surface area contributed by atoms with Crippen LogP contribution >= 0.6 is 0 Å². The van der Waals surface area contributed by atoms with Crippen LogP contribution in [0.1, 0.15) is 6.42 Å². The number of anilines is 1. The van der Waals surface area contributed by atoms with E-state index in [9.17, 15) is 14.0 Å². The van der Waals surface area contributed by atoms with Gasteiger partial charge < -0.3 is 16.0 Å². The van der Waals surface area contributed by atoms with Gasteiger partial charge in [0.05, 0.1) is 6.54 Å². The largest absolute Gasteiger partial charge is 0.354 e. The Kier molecular flexibility index (Phi) is 3.88. The van der Waals surface area contributed by atoms with Gasteiger partial charge in [-0.3, -0.25) is 9.59 Å². The highest BCUT2D eigenvalue weighted by Gasteiger charge is 2.21. The van der Waals surface area contributed by atoms with Gasteiger partial charge in [-0.2, -0.15) is 0 Å². The van der Waals surface area contributed by atoms with E-state index >= 15 is 0 Å². The number of nitrogens with one attached hydrogen (secondary N) is 3. The molecule has 0 bridgehead atoms. The standard InChI is InChI=1S/C12H14FN3O2/c13-8-2-1-3-9(4-8)16-12(18)7-14-10-5-11(17)15-6-10/h1-4,10,14H,5-7H2,(H,15,17)(H,16,18). The van der Waals surface area contributed by atoms with Crippen LogP contribution in [0.5, 0.6) is 0 Å². The summed E-state index contributed by atoms with van der Waals surface area (Å²) in [5.41, 5.74) is 0.419. The van der Waals surface area contributed by atoms with Crippen LogP contribution in [0.25, 0.3) is 0 Å². The van der Waals surface area contributed by atoms with Crippen LogP contribution in [0.15, 0.2) is 24.3 Å². The van der Waals surface area contributed by atoms with Gasteiger partial charge in [0.2, 0.25) is 11.8 Å². The molecular formula is C12H14FN3O2. The van der Waals surface area contributed by atoms with Gasteiger partial charge in [0.1, 0.15) is 5.82 Å². The summed E-state index contributed by atoms with van der Waals surface area (Å²) in [5, 5.41) is 8.20. The molecule has 18 heavy (non-hydrogen) atoms. The van der Waals surface area contributed by atoms with Crippen molar-refractivity contribution < 1.29 is 14.0 Å². The fraction of sp³-hybridized carbons (Fsp3) is 0.333. The Morgan fingerprint density at radius 3 is 3.00 bits per heavy atom. The zero-order valence-corrected chi connectivity index (χ0v) is 9.70. The van der Waals surface area contributed by atoms with E-state index in [0.29, 0.717) is 18.7 Å². The van der Waals surface area contributed by atoms with Gasteiger partial charge in [0, 0.05) is 24.7 Å². The molecule has 1 aromatic carbocycles. The molecule has 0 aromatic heterocycles. The third kappa shape index (κ3) is 3.53. The Balaban J connectivity index is 1.77. The second-order valence-corrected chi connectivity index (χ2v) is 4.14. The van der Waals surface area contributed by atoms with Crippen molar-refractivity contribution in [1.82, 2.24) is 10.6 Å². The zero-order chi connectivity index (χ0) is 13.0. The first-order valence-electron chi connectivity index (χ1n) is 5.69. The molecule has 1 aliphatic rings. The Hall–Kier alpha value is -1.95. The molecule has 1 atom stereocenters. The first-order valence-corrected chi connectivity index (χ1v) is 5.69. The fourth-order valence-corrected chi connectivity index (χ4v) is 1.76. The van der Waals surface area contributed by atoms with Crippen LogP contribution in [0, 0.1) is 5.82 Å². The second-order valence-electron chi connectivity index (χ2n) is 4.14. The number of amides is 2. The van der Waals surface area contributed by atoms with Crippen molar-refractivity contribution in [1.29, 1.82) is 0 Å². The molecule has 96 valence electrons. The van der Waals surface area contributed by atoms with Crippen LogP contribution in [0.3, 0.4) is 0 Å². The lowest BCUT2D eigenvalue weighted by Crippen LogP contribution is -2.37. The van der Waals surface area contributed by atoms with Gasteiger partial charge in [-0.25, -0.2) is 4.39 Å². The topological polar surface area (TPSA) is 70.2 Å². The second kappa shape index (κ2) is 5.59. The Morgan fingerprint density at radius 1 is 1.50 bits per heavy atom. The van der Waals surface area contributed by atoms with Gasteiger partial charge >= 0.3 is 0 Å². The van der Waals surface area contributed by atoms with Crippen LogP contribution < -0.4 is 16.0 Å². The van der Waals surface area contributed by atoms with E-state index < -0.39 is 5.82 Å². The number of carbonyl (C=O) groups is 2. The molecule has 1 fully saturated rings. The maximum absolute atomic E-state index is 12.9. The lowest BCUT2D eigenvalue weighted by atomic mass is 10.2. The molecule has 6 heteroatoms. The summed E-state index contributed by atoms with van der Waals surface area (Å²) >= 11 is 0. The average molecular weight is 251 g/mol. The average Bonchev–Trinajstić information content (AvgIpc) is 2.73. The summed E-state index contributed by atoms with van der Waals surface area (Å²) in [7, 11) is 0. The highest BCUT2D eigenvalue weighted by Crippen LogP contribution is 2.08. The summed E-state index contributed by atoms with van der Waals surface area (Å²) in [5.74, 6) is -0.677. The Morgan fingerprint density at radius 2 is 2.33 bits per heavy atom. The van der Waals surface area contributed by atoms with Gasteiger partial charge in [-0.05, 0) is 18.2 Å². The van der Waals surface area contributed by atoms with E-state index in [1.165, 1.54) is 18.2 Å². The van der Waals surface area contributed by atoms with Crippen LogP contribution in [0.4, 0.5) is 10.1 Å². The van der Waals surface area contributed by atoms with Crippen LogP contribution in [-0.4, -0.2) is 30.9 Å². The number of hydrogen-bond acceptors (Lipinski definition) is 3. The number of rotatable bonds is 4. The van der Waals surface area contributed by atoms with E-state index in [4.69, 9.17) is 0 Å². The minimum absolute atomic E-state index is 0.0157. The van der Waals surface area contributed by atoms with Gasteiger partial charge in [-0.15, -0.1) is 0 Å². The van der Waals surface area contributed by atoms with Crippen molar-refractivity contribution >= 4 is 17.5 Å². The van der Waals surface area contributed by atoms with Gasteiger partial charge in [0.15, 0.2) is 0 Å². The number of halogens is 1. The molecule has 2 rings (SSSR count). The summed E-state index contributed by atoms with van der Waals surface area (Å²) in [4.78, 5) is 22.5. The number of hydrogen-bond donors (Lipinski definition) is 3. The summed E-state index contributed by atoms with van der Waals surface area (Å²) in [6, 6.07) is 5.68. The Bertz CT molecular complexity index is 464. The summed E-state index contributed by atoms with van der Waals surface area (Å²) < 4.78 is 12.9. The molecule has 0 spiro atoms. The minimum Gasteiger partial charge on any atom is -0.354 e. The molecule has 1 saturated heterocycles. The lowest BCUT2D eigenvalue weighted by Gasteiger charge is -2.10. The Labute approximate surface area is 104 Å². The molecular weight excluding hydrogens is 237 g/mol. The van der Waals surface area contributed by atoms with Crippen LogP contribution in [-0.2, 0) is 9.59 Å². The van der Waals surface area contributed by atoms with E-state index in [-0.39, 0.29) is 24.4 Å². The summed E-state index contributed by atoms with van der Waals surface area (Å²) in [6.07, 6.45) is 0.382. The van der Waals surface area contributed by atoms with Crippen molar-refractivity contribution in [3.05, 3.63) is 30.1 Å². The quantitative estimate of drug-likeness (QED) is 0.718. The maximum Gasteiger partial charge on any atom is 0.238 e. The predicted octanol–water partition coefficient (Wildman–Crippen LogP) is 0.242. The highest BCUT2D eigenvalue weighted by atomic mass is 19.1. The predicted molar refractivity (Wildman–Crippen MR) is 64.4 cm³/mol. The molecule has 5 nitrogen and oxygen atoms in total. The molecule has 1 aliphatic heterocycles. The first kappa shape index (κ1) is 12.5. The SMILES string of the molecule is O=C1CC(NCC(=O)Nc2cccc(F)c2)CN1. The van der Waals surface area contributed by atoms with Crippen molar-refractivity contribution in [2.75, 3.05) is 18.4 Å². The normalized spacial score (nSPS) is 18.5. The molecule has 1 heterocycles. The zero-order valence-electron chi connectivity index (χ0n) is 9.70. The minimum atomic E-state index is -0.397. The third-order valence-electron chi connectivity index (χ3n) is 2.64. The monoisotopic (exact) mass is 251 g/mol.